The molecule has 2 aromatic rings. The summed E-state index contributed by atoms with van der Waals surface area (Å²) < 4.78 is 0. The molecule has 28 heavy (non-hydrogen) atoms. The van der Waals surface area contributed by atoms with Crippen LogP contribution in [-0.2, 0) is 0 Å². The number of carbonyl (C=O) groups excluding carboxylic acids is 1. The SMILES string of the molecule is CC(C)(C)Nc1ccnc(C(=O)N2CCN(C/C=C/c3ccccc3)CC2)c1. The number of hydrogen-bond donors (Lipinski definition) is 1. The average Bonchev–Trinajstić information content (AvgIpc) is 2.68. The summed E-state index contributed by atoms with van der Waals surface area (Å²) in [6, 6.07) is 14.1. The van der Waals surface area contributed by atoms with Gasteiger partial charge in [-0.25, -0.2) is 0 Å². The molecular formula is C23H30N4O. The maximum absolute atomic E-state index is 12.8. The summed E-state index contributed by atoms with van der Waals surface area (Å²) in [5.74, 6) is 0.0111. The molecule has 3 rings (SSSR count). The van der Waals surface area contributed by atoms with Gasteiger partial charge in [0, 0.05) is 50.1 Å². The first-order valence-electron chi connectivity index (χ1n) is 9.88. The molecule has 5 heteroatoms. The Morgan fingerprint density at radius 2 is 1.82 bits per heavy atom. The number of benzene rings is 1. The van der Waals surface area contributed by atoms with Gasteiger partial charge in [0.1, 0.15) is 5.69 Å². The average molecular weight is 379 g/mol. The van der Waals surface area contributed by atoms with Gasteiger partial charge in [-0.2, -0.15) is 0 Å². The topological polar surface area (TPSA) is 48.5 Å². The number of nitrogens with one attached hydrogen (secondary N) is 1. The normalized spacial score (nSPS) is 15.8. The summed E-state index contributed by atoms with van der Waals surface area (Å²) in [6.45, 7) is 10.4. The number of carbonyl (C=O) groups is 1. The third kappa shape index (κ3) is 5.92. The molecule has 0 radical (unpaired) electrons. The Balaban J connectivity index is 1.51. The Morgan fingerprint density at radius 1 is 1.11 bits per heavy atom. The monoisotopic (exact) mass is 378 g/mol. The van der Waals surface area contributed by atoms with Gasteiger partial charge < -0.3 is 10.2 Å². The summed E-state index contributed by atoms with van der Waals surface area (Å²) in [7, 11) is 0. The number of piperazine rings is 1. The summed E-state index contributed by atoms with van der Waals surface area (Å²) >= 11 is 0. The molecule has 0 unspecified atom stereocenters. The minimum atomic E-state index is -0.0550. The number of amides is 1. The van der Waals surface area contributed by atoms with E-state index in [2.05, 4.69) is 60.3 Å². The lowest BCUT2D eigenvalue weighted by Gasteiger charge is -2.34. The second-order valence-corrected chi connectivity index (χ2v) is 8.21. The molecule has 2 heterocycles. The van der Waals surface area contributed by atoms with E-state index in [1.807, 2.05) is 35.2 Å². The number of aromatic nitrogens is 1. The van der Waals surface area contributed by atoms with E-state index < -0.39 is 0 Å². The van der Waals surface area contributed by atoms with E-state index in [9.17, 15) is 4.79 Å². The molecule has 0 saturated carbocycles. The fourth-order valence-electron chi connectivity index (χ4n) is 3.26. The van der Waals surface area contributed by atoms with Crippen LogP contribution in [0, 0.1) is 0 Å². The van der Waals surface area contributed by atoms with Crippen molar-refractivity contribution in [2.45, 2.75) is 26.3 Å². The third-order valence-corrected chi connectivity index (χ3v) is 4.63. The lowest BCUT2D eigenvalue weighted by Crippen LogP contribution is -2.48. The van der Waals surface area contributed by atoms with Crippen molar-refractivity contribution in [3.63, 3.8) is 0 Å². The van der Waals surface area contributed by atoms with Crippen molar-refractivity contribution >= 4 is 17.7 Å². The number of pyridine rings is 1. The second-order valence-electron chi connectivity index (χ2n) is 8.21. The van der Waals surface area contributed by atoms with Crippen LogP contribution >= 0.6 is 0 Å². The van der Waals surface area contributed by atoms with Crippen LogP contribution in [0.25, 0.3) is 6.08 Å². The van der Waals surface area contributed by atoms with Gasteiger partial charge in [-0.05, 0) is 38.5 Å². The Hall–Kier alpha value is -2.66. The van der Waals surface area contributed by atoms with E-state index in [0.717, 1.165) is 38.4 Å². The van der Waals surface area contributed by atoms with Crippen molar-refractivity contribution in [2.24, 2.45) is 0 Å². The summed E-state index contributed by atoms with van der Waals surface area (Å²) in [6.07, 6.45) is 6.04. The minimum absolute atomic E-state index is 0.0111. The van der Waals surface area contributed by atoms with Crippen molar-refractivity contribution in [1.82, 2.24) is 14.8 Å². The van der Waals surface area contributed by atoms with E-state index in [-0.39, 0.29) is 11.4 Å². The van der Waals surface area contributed by atoms with E-state index in [4.69, 9.17) is 0 Å². The standard InChI is InChI=1S/C23H30N4O/c1-23(2,3)25-20-11-12-24-21(18-20)22(28)27-16-14-26(15-17-27)13-7-10-19-8-5-4-6-9-19/h4-12,18H,13-17H2,1-3H3,(H,24,25)/b10-7+. The second kappa shape index (κ2) is 9.02. The van der Waals surface area contributed by atoms with E-state index >= 15 is 0 Å². The van der Waals surface area contributed by atoms with Crippen LogP contribution in [0.1, 0.15) is 36.8 Å². The van der Waals surface area contributed by atoms with Crippen LogP contribution in [0.4, 0.5) is 5.69 Å². The zero-order valence-corrected chi connectivity index (χ0v) is 17.1. The molecular weight excluding hydrogens is 348 g/mol. The fourth-order valence-corrected chi connectivity index (χ4v) is 3.26. The van der Waals surface area contributed by atoms with Gasteiger partial charge in [-0.3, -0.25) is 14.7 Å². The highest BCUT2D eigenvalue weighted by atomic mass is 16.2. The van der Waals surface area contributed by atoms with Crippen molar-refractivity contribution in [3.8, 4) is 0 Å². The summed E-state index contributed by atoms with van der Waals surface area (Å²) in [5.41, 5.74) is 2.59. The lowest BCUT2D eigenvalue weighted by atomic mass is 10.1. The number of nitrogens with zero attached hydrogens (tertiary/aromatic N) is 3. The van der Waals surface area contributed by atoms with E-state index in [0.29, 0.717) is 5.69 Å². The van der Waals surface area contributed by atoms with Gasteiger partial charge in [0.2, 0.25) is 0 Å². The highest BCUT2D eigenvalue weighted by molar-refractivity contribution is 5.93. The molecule has 1 fully saturated rings. The Morgan fingerprint density at radius 3 is 2.50 bits per heavy atom. The molecule has 1 aliphatic rings. The molecule has 1 saturated heterocycles. The molecule has 1 aliphatic heterocycles. The largest absolute Gasteiger partial charge is 0.380 e. The van der Waals surface area contributed by atoms with Gasteiger partial charge in [-0.15, -0.1) is 0 Å². The zero-order valence-electron chi connectivity index (χ0n) is 17.1. The van der Waals surface area contributed by atoms with Crippen LogP contribution < -0.4 is 5.32 Å². The molecule has 148 valence electrons. The Bertz CT molecular complexity index is 803. The predicted molar refractivity (Wildman–Crippen MR) is 115 cm³/mol. The molecule has 1 N–H and O–H groups in total. The molecule has 1 aromatic heterocycles. The molecule has 0 bridgehead atoms. The summed E-state index contributed by atoms with van der Waals surface area (Å²) in [5, 5.41) is 3.40. The van der Waals surface area contributed by atoms with Gasteiger partial charge in [-0.1, -0.05) is 42.5 Å². The third-order valence-electron chi connectivity index (χ3n) is 4.63. The number of hydrogen-bond acceptors (Lipinski definition) is 4. The quantitative estimate of drug-likeness (QED) is 0.861. The molecule has 1 amide bonds. The van der Waals surface area contributed by atoms with Crippen LogP contribution in [0.15, 0.2) is 54.7 Å². The molecule has 0 spiro atoms. The first-order valence-corrected chi connectivity index (χ1v) is 9.88. The number of rotatable bonds is 5. The maximum atomic E-state index is 12.8. The van der Waals surface area contributed by atoms with Gasteiger partial charge in [0.05, 0.1) is 0 Å². The Kier molecular flexibility index (Phi) is 6.47. The Labute approximate surface area is 168 Å². The molecule has 0 atom stereocenters. The van der Waals surface area contributed by atoms with Crippen molar-refractivity contribution in [1.29, 1.82) is 0 Å². The molecule has 1 aromatic carbocycles. The predicted octanol–water partition coefficient (Wildman–Crippen LogP) is 3.76. The highest BCUT2D eigenvalue weighted by Gasteiger charge is 2.23. The summed E-state index contributed by atoms with van der Waals surface area (Å²) in [4.78, 5) is 21.4. The van der Waals surface area contributed by atoms with Gasteiger partial charge in [0.15, 0.2) is 0 Å². The molecule has 0 aliphatic carbocycles. The van der Waals surface area contributed by atoms with Crippen molar-refractivity contribution in [2.75, 3.05) is 38.0 Å². The van der Waals surface area contributed by atoms with Crippen LogP contribution in [-0.4, -0.2) is 59.0 Å². The van der Waals surface area contributed by atoms with Crippen molar-refractivity contribution < 1.29 is 4.79 Å². The van der Waals surface area contributed by atoms with E-state index in [1.54, 1.807) is 6.20 Å². The highest BCUT2D eigenvalue weighted by Crippen LogP contribution is 2.16. The first-order chi connectivity index (χ1) is 13.4. The van der Waals surface area contributed by atoms with Crippen LogP contribution in [0.3, 0.4) is 0 Å². The molecule has 5 nitrogen and oxygen atoms in total. The van der Waals surface area contributed by atoms with Gasteiger partial charge >= 0.3 is 0 Å². The smallest absolute Gasteiger partial charge is 0.272 e. The van der Waals surface area contributed by atoms with Crippen LogP contribution in [0.2, 0.25) is 0 Å². The maximum Gasteiger partial charge on any atom is 0.272 e. The zero-order chi connectivity index (χ0) is 20.0. The number of anilines is 1. The first kappa shape index (κ1) is 20.1. The van der Waals surface area contributed by atoms with Gasteiger partial charge in [0.25, 0.3) is 5.91 Å². The lowest BCUT2D eigenvalue weighted by molar-refractivity contribution is 0.0644. The van der Waals surface area contributed by atoms with Crippen LogP contribution in [0.5, 0.6) is 0 Å². The fraction of sp³-hybridized carbons (Fsp3) is 0.391. The van der Waals surface area contributed by atoms with E-state index in [1.165, 1.54) is 5.56 Å². The minimum Gasteiger partial charge on any atom is -0.380 e. The van der Waals surface area contributed by atoms with Crippen molar-refractivity contribution in [3.05, 3.63) is 66.0 Å².